The van der Waals surface area contributed by atoms with Crippen LogP contribution in [0, 0.1) is 5.41 Å². The van der Waals surface area contributed by atoms with Gasteiger partial charge in [-0.1, -0.05) is 43.6 Å². The molecule has 0 saturated carbocycles. The van der Waals surface area contributed by atoms with E-state index < -0.39 is 23.1 Å². The number of ether oxygens (including phenoxy) is 2. The van der Waals surface area contributed by atoms with Gasteiger partial charge in [0.15, 0.2) is 0 Å². The monoisotopic (exact) mass is 531 g/mol. The maximum atomic E-state index is 13.0. The van der Waals surface area contributed by atoms with Crippen LogP contribution in [0.5, 0.6) is 5.88 Å². The van der Waals surface area contributed by atoms with Crippen LogP contribution in [-0.4, -0.2) is 56.6 Å². The van der Waals surface area contributed by atoms with E-state index in [0.29, 0.717) is 23.0 Å². The van der Waals surface area contributed by atoms with Gasteiger partial charge in [0.05, 0.1) is 23.9 Å². The summed E-state index contributed by atoms with van der Waals surface area (Å²) in [6.07, 6.45) is 1.42. The highest BCUT2D eigenvalue weighted by Gasteiger charge is 2.26. The van der Waals surface area contributed by atoms with Crippen molar-refractivity contribution in [2.75, 3.05) is 39.2 Å². The molecular weight excluding hydrogens is 498 g/mol. The number of pyridine rings is 1. The summed E-state index contributed by atoms with van der Waals surface area (Å²) in [6, 6.07) is 10.4. The minimum Gasteiger partial charge on any atom is -0.477 e. The van der Waals surface area contributed by atoms with E-state index in [1.807, 2.05) is 19.9 Å². The van der Waals surface area contributed by atoms with E-state index in [0.717, 1.165) is 0 Å². The lowest BCUT2D eigenvalue weighted by Crippen LogP contribution is -2.40. The van der Waals surface area contributed by atoms with Gasteiger partial charge in [-0.15, -0.1) is 0 Å². The van der Waals surface area contributed by atoms with Crippen LogP contribution >= 0.6 is 11.6 Å². The number of aromatic nitrogens is 1. The predicted molar refractivity (Wildman–Crippen MR) is 142 cm³/mol. The van der Waals surface area contributed by atoms with E-state index in [1.165, 1.54) is 19.4 Å². The number of halogens is 1. The molecule has 0 aliphatic heterocycles. The smallest absolute Gasteiger partial charge is 0.274 e. The molecule has 0 bridgehead atoms. The van der Waals surface area contributed by atoms with Crippen LogP contribution in [0.2, 0.25) is 5.02 Å². The minimum atomic E-state index is -0.653. The largest absolute Gasteiger partial charge is 0.477 e. The summed E-state index contributed by atoms with van der Waals surface area (Å²) in [6.45, 7) is 6.04. The van der Waals surface area contributed by atoms with Gasteiger partial charge in [0.1, 0.15) is 11.3 Å². The van der Waals surface area contributed by atoms with Crippen molar-refractivity contribution in [1.29, 1.82) is 0 Å². The molecule has 0 aliphatic carbocycles. The van der Waals surface area contributed by atoms with Crippen molar-refractivity contribution in [2.24, 2.45) is 5.41 Å². The van der Waals surface area contributed by atoms with Gasteiger partial charge in [-0.25, -0.2) is 4.98 Å². The van der Waals surface area contributed by atoms with Gasteiger partial charge in [0, 0.05) is 39.0 Å². The number of nitrogens with one attached hydrogen (secondary N) is 4. The SMILES string of the molecule is CCOc1ncc(Cl)cc1C(=O)NCC(C)(C)CC(=O)N/C(C(=O)Nc1ccccc1)=C(\COC)NC. The Labute approximate surface area is 222 Å². The number of hydrogen-bond acceptors (Lipinski definition) is 7. The molecule has 0 fully saturated rings. The first-order chi connectivity index (χ1) is 17.6. The van der Waals surface area contributed by atoms with Crippen molar-refractivity contribution in [3.8, 4) is 5.88 Å². The van der Waals surface area contributed by atoms with Crippen molar-refractivity contribution in [3.63, 3.8) is 0 Å². The highest BCUT2D eigenvalue weighted by molar-refractivity contribution is 6.30. The molecule has 4 N–H and O–H groups in total. The Morgan fingerprint density at radius 1 is 1.14 bits per heavy atom. The average molecular weight is 532 g/mol. The van der Waals surface area contributed by atoms with Crippen molar-refractivity contribution in [2.45, 2.75) is 27.2 Å². The van der Waals surface area contributed by atoms with E-state index in [1.54, 1.807) is 38.2 Å². The molecule has 10 nitrogen and oxygen atoms in total. The van der Waals surface area contributed by atoms with Gasteiger partial charge in [0.2, 0.25) is 11.8 Å². The number of hydrogen-bond donors (Lipinski definition) is 4. The van der Waals surface area contributed by atoms with Gasteiger partial charge in [-0.2, -0.15) is 0 Å². The molecule has 0 saturated heterocycles. The van der Waals surface area contributed by atoms with Crippen molar-refractivity contribution >= 4 is 35.0 Å². The van der Waals surface area contributed by atoms with Crippen LogP contribution in [0.3, 0.4) is 0 Å². The van der Waals surface area contributed by atoms with E-state index >= 15 is 0 Å². The maximum absolute atomic E-state index is 13.0. The van der Waals surface area contributed by atoms with E-state index in [9.17, 15) is 14.4 Å². The topological polar surface area (TPSA) is 131 Å². The van der Waals surface area contributed by atoms with E-state index in [4.69, 9.17) is 21.1 Å². The molecular formula is C26H34ClN5O5. The Bertz CT molecular complexity index is 1120. The predicted octanol–water partition coefficient (Wildman–Crippen LogP) is 3.11. The fraction of sp³-hybridized carbons (Fsp3) is 0.385. The third kappa shape index (κ3) is 9.40. The molecule has 11 heteroatoms. The molecule has 1 aromatic heterocycles. The Morgan fingerprint density at radius 3 is 2.46 bits per heavy atom. The highest BCUT2D eigenvalue weighted by atomic mass is 35.5. The lowest BCUT2D eigenvalue weighted by molar-refractivity contribution is -0.124. The number of benzene rings is 1. The summed E-state index contributed by atoms with van der Waals surface area (Å²) in [5.74, 6) is -1.14. The van der Waals surface area contributed by atoms with Gasteiger partial charge in [0.25, 0.3) is 11.8 Å². The summed E-state index contributed by atoms with van der Waals surface area (Å²) in [4.78, 5) is 42.9. The second kappa shape index (κ2) is 14.2. The third-order valence-corrected chi connectivity index (χ3v) is 5.33. The van der Waals surface area contributed by atoms with Crippen LogP contribution in [0.1, 0.15) is 37.6 Å². The Hall–Kier alpha value is -3.63. The first kappa shape index (κ1) is 29.6. The lowest BCUT2D eigenvalue weighted by Gasteiger charge is -2.25. The third-order valence-electron chi connectivity index (χ3n) is 5.13. The van der Waals surface area contributed by atoms with Gasteiger partial charge < -0.3 is 30.7 Å². The highest BCUT2D eigenvalue weighted by Crippen LogP contribution is 2.22. The fourth-order valence-electron chi connectivity index (χ4n) is 3.33. The van der Waals surface area contributed by atoms with Crippen molar-refractivity contribution in [3.05, 3.63) is 64.6 Å². The number of carbonyl (C=O) groups is 3. The standard InChI is InChI=1S/C26H34ClN5O5/c1-6-37-25-19(12-17(27)14-29-25)23(34)30-16-26(2,3)13-21(33)32-22(20(28-4)15-36-5)24(35)31-18-10-8-7-9-11-18/h7-12,14,28H,6,13,15-16H2,1-5H3,(H,30,34)(H,31,35)(H,32,33)/b22-20+. The number of likely N-dealkylation sites (N-methyl/N-ethyl adjacent to an activating group) is 1. The summed E-state index contributed by atoms with van der Waals surface area (Å²) >= 11 is 6.00. The number of carbonyl (C=O) groups excluding carboxylic acids is 3. The summed E-state index contributed by atoms with van der Waals surface area (Å²) in [7, 11) is 3.13. The fourth-order valence-corrected chi connectivity index (χ4v) is 3.49. The zero-order valence-electron chi connectivity index (χ0n) is 21.7. The van der Waals surface area contributed by atoms with E-state index in [-0.39, 0.29) is 36.7 Å². The second-order valence-electron chi connectivity index (χ2n) is 8.87. The quantitative estimate of drug-likeness (QED) is 0.292. The summed E-state index contributed by atoms with van der Waals surface area (Å²) in [5.41, 5.74) is 0.587. The summed E-state index contributed by atoms with van der Waals surface area (Å²) < 4.78 is 10.6. The van der Waals surface area contributed by atoms with Crippen molar-refractivity contribution < 1.29 is 23.9 Å². The first-order valence-corrected chi connectivity index (χ1v) is 12.1. The number of anilines is 1. The normalized spacial score (nSPS) is 11.7. The van der Waals surface area contributed by atoms with Crippen LogP contribution in [0.25, 0.3) is 0 Å². The number of methoxy groups -OCH3 is 1. The van der Waals surface area contributed by atoms with Gasteiger partial charge in [-0.3, -0.25) is 14.4 Å². The molecule has 0 aliphatic rings. The molecule has 1 heterocycles. The molecule has 37 heavy (non-hydrogen) atoms. The maximum Gasteiger partial charge on any atom is 0.274 e. The molecule has 1 aromatic carbocycles. The Balaban J connectivity index is 2.10. The van der Waals surface area contributed by atoms with Gasteiger partial charge in [-0.05, 0) is 30.5 Å². The second-order valence-corrected chi connectivity index (χ2v) is 9.30. The van der Waals surface area contributed by atoms with Gasteiger partial charge >= 0.3 is 0 Å². The van der Waals surface area contributed by atoms with E-state index in [2.05, 4.69) is 26.3 Å². The number of nitrogens with zero attached hydrogens (tertiary/aromatic N) is 1. The first-order valence-electron chi connectivity index (χ1n) is 11.7. The number of rotatable bonds is 13. The molecule has 0 radical (unpaired) electrons. The zero-order valence-corrected chi connectivity index (χ0v) is 22.5. The lowest BCUT2D eigenvalue weighted by atomic mass is 9.88. The Morgan fingerprint density at radius 2 is 1.84 bits per heavy atom. The summed E-state index contributed by atoms with van der Waals surface area (Å²) in [5, 5.41) is 11.5. The van der Waals surface area contributed by atoms with Crippen LogP contribution in [0.15, 0.2) is 54.0 Å². The Kier molecular flexibility index (Phi) is 11.4. The molecule has 0 spiro atoms. The molecule has 3 amide bonds. The van der Waals surface area contributed by atoms with Crippen LogP contribution in [-0.2, 0) is 14.3 Å². The minimum absolute atomic E-state index is 0.0193. The molecule has 200 valence electrons. The zero-order chi connectivity index (χ0) is 27.4. The molecule has 2 aromatic rings. The number of amides is 3. The molecule has 0 unspecified atom stereocenters. The molecule has 0 atom stereocenters. The molecule has 2 rings (SSSR count). The average Bonchev–Trinajstić information content (AvgIpc) is 2.86. The number of para-hydroxylation sites is 1. The van der Waals surface area contributed by atoms with Crippen LogP contribution in [0.4, 0.5) is 5.69 Å². The van der Waals surface area contributed by atoms with Crippen molar-refractivity contribution in [1.82, 2.24) is 20.9 Å². The van der Waals surface area contributed by atoms with Crippen LogP contribution < -0.4 is 26.0 Å².